The molecule has 2 aromatic rings. The predicted molar refractivity (Wildman–Crippen MR) is 107 cm³/mol. The van der Waals surface area contributed by atoms with Crippen LogP contribution in [0.15, 0.2) is 34.6 Å². The second-order valence-electron chi connectivity index (χ2n) is 6.52. The maximum Gasteiger partial charge on any atom is 0.191 e. The minimum atomic E-state index is 0.425. The summed E-state index contributed by atoms with van der Waals surface area (Å²) in [6, 6.07) is 9.20. The van der Waals surface area contributed by atoms with Crippen molar-refractivity contribution in [2.24, 2.45) is 4.99 Å². The molecule has 1 aliphatic heterocycles. The number of nitrogens with zero attached hydrogens (tertiary/aromatic N) is 3. The van der Waals surface area contributed by atoms with Crippen molar-refractivity contribution in [2.45, 2.75) is 32.7 Å². The van der Waals surface area contributed by atoms with Crippen LogP contribution in [0.5, 0.6) is 0 Å². The Morgan fingerprint density at radius 1 is 1.32 bits per heavy atom. The molecule has 0 aliphatic carbocycles. The first kappa shape index (κ1) is 17.7. The van der Waals surface area contributed by atoms with E-state index in [1.165, 1.54) is 11.3 Å². The molecule has 0 radical (unpaired) electrons. The van der Waals surface area contributed by atoms with Gasteiger partial charge >= 0.3 is 0 Å². The molecule has 0 saturated carbocycles. The number of rotatable bonds is 5. The lowest BCUT2D eigenvalue weighted by Crippen LogP contribution is -2.45. The quantitative estimate of drug-likeness (QED) is 0.638. The van der Waals surface area contributed by atoms with Crippen LogP contribution in [0.25, 0.3) is 0 Å². The highest BCUT2D eigenvalue weighted by molar-refractivity contribution is 7.09. The smallest absolute Gasteiger partial charge is 0.191 e. The number of hydrogen-bond donors (Lipinski definition) is 2. The van der Waals surface area contributed by atoms with Crippen molar-refractivity contribution >= 4 is 23.0 Å². The fourth-order valence-corrected chi connectivity index (χ4v) is 3.74. The molecule has 2 N–H and O–H groups in total. The zero-order valence-electron chi connectivity index (χ0n) is 15.2. The number of hydrogen-bond acceptors (Lipinski definition) is 4. The first-order valence-corrected chi connectivity index (χ1v) is 9.72. The molecule has 0 amide bonds. The third kappa shape index (κ3) is 4.95. The lowest BCUT2D eigenvalue weighted by atomic mass is 10.2. The number of aliphatic imine (C=N–C) groups is 1. The van der Waals surface area contributed by atoms with Gasteiger partial charge in [0.25, 0.3) is 0 Å². The van der Waals surface area contributed by atoms with Crippen LogP contribution in [0.1, 0.15) is 22.7 Å². The van der Waals surface area contributed by atoms with Crippen molar-refractivity contribution in [3.05, 3.63) is 45.9 Å². The van der Waals surface area contributed by atoms with E-state index in [0.717, 1.165) is 49.1 Å². The molecular formula is C19H27N5S. The second kappa shape index (κ2) is 8.34. The summed E-state index contributed by atoms with van der Waals surface area (Å²) in [5, 5.41) is 10.2. The SMILES string of the molecule is CN=C(NCCc1csc(C)n1)NC1CCN(c2ccc(C)cc2)C1. The highest BCUT2D eigenvalue weighted by atomic mass is 32.1. The Hall–Kier alpha value is -2.08. The van der Waals surface area contributed by atoms with Crippen LogP contribution < -0.4 is 15.5 Å². The van der Waals surface area contributed by atoms with Crippen LogP contribution in [-0.4, -0.2) is 43.7 Å². The molecule has 5 nitrogen and oxygen atoms in total. The molecule has 25 heavy (non-hydrogen) atoms. The summed E-state index contributed by atoms with van der Waals surface area (Å²) in [6.45, 7) is 7.10. The number of aryl methyl sites for hydroxylation is 2. The molecule has 1 aromatic carbocycles. The number of guanidine groups is 1. The van der Waals surface area contributed by atoms with Crippen LogP contribution in [0.2, 0.25) is 0 Å². The fourth-order valence-electron chi connectivity index (χ4n) is 3.09. The van der Waals surface area contributed by atoms with Crippen molar-refractivity contribution in [2.75, 3.05) is 31.6 Å². The van der Waals surface area contributed by atoms with Gasteiger partial charge in [0.2, 0.25) is 0 Å². The average molecular weight is 358 g/mol. The number of aromatic nitrogens is 1. The van der Waals surface area contributed by atoms with Gasteiger partial charge in [-0.05, 0) is 32.4 Å². The first-order chi connectivity index (χ1) is 12.1. The van der Waals surface area contributed by atoms with Crippen LogP contribution in [0, 0.1) is 13.8 Å². The minimum absolute atomic E-state index is 0.425. The van der Waals surface area contributed by atoms with Gasteiger partial charge in [0.1, 0.15) is 0 Å². The molecule has 1 atom stereocenters. The van der Waals surface area contributed by atoms with E-state index in [4.69, 9.17) is 0 Å². The van der Waals surface area contributed by atoms with E-state index in [1.54, 1.807) is 11.3 Å². The summed E-state index contributed by atoms with van der Waals surface area (Å²) in [7, 11) is 1.83. The monoisotopic (exact) mass is 357 g/mol. The predicted octanol–water partition coefficient (Wildman–Crippen LogP) is 2.75. The molecule has 1 unspecified atom stereocenters. The molecular weight excluding hydrogens is 330 g/mol. The number of thiazole rings is 1. The topological polar surface area (TPSA) is 52.6 Å². The molecule has 1 aromatic heterocycles. The molecule has 1 fully saturated rings. The second-order valence-corrected chi connectivity index (χ2v) is 7.58. The summed E-state index contributed by atoms with van der Waals surface area (Å²) in [5.74, 6) is 0.878. The highest BCUT2D eigenvalue weighted by Crippen LogP contribution is 2.20. The van der Waals surface area contributed by atoms with Crippen LogP contribution in [0.4, 0.5) is 5.69 Å². The van der Waals surface area contributed by atoms with E-state index in [1.807, 2.05) is 14.0 Å². The average Bonchev–Trinajstić information content (AvgIpc) is 3.24. The molecule has 0 bridgehead atoms. The number of anilines is 1. The van der Waals surface area contributed by atoms with Crippen LogP contribution in [-0.2, 0) is 6.42 Å². The molecule has 2 heterocycles. The van der Waals surface area contributed by atoms with Crippen LogP contribution in [0.3, 0.4) is 0 Å². The van der Waals surface area contributed by atoms with Crippen molar-refractivity contribution in [1.82, 2.24) is 15.6 Å². The van der Waals surface area contributed by atoms with Crippen molar-refractivity contribution < 1.29 is 0 Å². The van der Waals surface area contributed by atoms with E-state index in [9.17, 15) is 0 Å². The normalized spacial score (nSPS) is 17.8. The van der Waals surface area contributed by atoms with E-state index >= 15 is 0 Å². The van der Waals surface area contributed by atoms with Crippen molar-refractivity contribution in [3.8, 4) is 0 Å². The van der Waals surface area contributed by atoms with Gasteiger partial charge in [0, 0.05) is 50.2 Å². The molecule has 6 heteroatoms. The van der Waals surface area contributed by atoms with E-state index in [0.29, 0.717) is 6.04 Å². The first-order valence-electron chi connectivity index (χ1n) is 8.84. The van der Waals surface area contributed by atoms with Gasteiger partial charge in [0.15, 0.2) is 5.96 Å². The Morgan fingerprint density at radius 2 is 2.12 bits per heavy atom. The Kier molecular flexibility index (Phi) is 5.91. The van der Waals surface area contributed by atoms with E-state index < -0.39 is 0 Å². The third-order valence-corrected chi connectivity index (χ3v) is 5.31. The zero-order chi connectivity index (χ0) is 17.6. The minimum Gasteiger partial charge on any atom is -0.369 e. The zero-order valence-corrected chi connectivity index (χ0v) is 16.1. The Labute approximate surface area is 154 Å². The number of benzene rings is 1. The summed E-state index contributed by atoms with van der Waals surface area (Å²) in [6.07, 6.45) is 2.05. The van der Waals surface area contributed by atoms with E-state index in [2.05, 4.69) is 62.1 Å². The lowest BCUT2D eigenvalue weighted by molar-refractivity contribution is 0.647. The summed E-state index contributed by atoms with van der Waals surface area (Å²) >= 11 is 1.70. The van der Waals surface area contributed by atoms with Gasteiger partial charge in [0.05, 0.1) is 10.7 Å². The van der Waals surface area contributed by atoms with Gasteiger partial charge in [-0.3, -0.25) is 4.99 Å². The molecule has 1 aliphatic rings. The van der Waals surface area contributed by atoms with Crippen molar-refractivity contribution in [3.63, 3.8) is 0 Å². The highest BCUT2D eigenvalue weighted by Gasteiger charge is 2.23. The largest absolute Gasteiger partial charge is 0.369 e. The van der Waals surface area contributed by atoms with Crippen LogP contribution >= 0.6 is 11.3 Å². The maximum atomic E-state index is 4.50. The van der Waals surface area contributed by atoms with Gasteiger partial charge in [-0.1, -0.05) is 17.7 Å². The summed E-state index contributed by atoms with van der Waals surface area (Å²) < 4.78 is 0. The third-order valence-electron chi connectivity index (χ3n) is 4.49. The fraction of sp³-hybridized carbons (Fsp3) is 0.474. The lowest BCUT2D eigenvalue weighted by Gasteiger charge is -2.20. The summed E-state index contributed by atoms with van der Waals surface area (Å²) in [5.41, 5.74) is 3.76. The molecule has 0 spiro atoms. The molecule has 1 saturated heterocycles. The van der Waals surface area contributed by atoms with Crippen molar-refractivity contribution in [1.29, 1.82) is 0 Å². The van der Waals surface area contributed by atoms with Gasteiger partial charge in [-0.25, -0.2) is 4.98 Å². The van der Waals surface area contributed by atoms with Gasteiger partial charge < -0.3 is 15.5 Å². The summed E-state index contributed by atoms with van der Waals surface area (Å²) in [4.78, 5) is 11.3. The standard InChI is InChI=1S/C19H27N5S/c1-14-4-6-18(7-5-14)24-11-9-16(12-24)23-19(20-3)21-10-8-17-13-25-15(2)22-17/h4-7,13,16H,8-12H2,1-3H3,(H2,20,21,23). The Morgan fingerprint density at radius 3 is 2.80 bits per heavy atom. The molecule has 134 valence electrons. The van der Waals surface area contributed by atoms with Gasteiger partial charge in [-0.2, -0.15) is 0 Å². The Bertz CT molecular complexity index is 707. The van der Waals surface area contributed by atoms with Gasteiger partial charge in [-0.15, -0.1) is 11.3 Å². The Balaban J connectivity index is 1.45. The van der Waals surface area contributed by atoms with E-state index in [-0.39, 0.29) is 0 Å². The molecule has 3 rings (SSSR count). The number of nitrogens with one attached hydrogen (secondary N) is 2. The maximum absolute atomic E-state index is 4.50.